The second-order valence-corrected chi connectivity index (χ2v) is 5.50. The van der Waals surface area contributed by atoms with Gasteiger partial charge in [-0.1, -0.05) is 6.92 Å². The average Bonchev–Trinajstić information content (AvgIpc) is 2.94. The Bertz CT molecular complexity index is 527. The van der Waals surface area contributed by atoms with E-state index in [-0.39, 0.29) is 0 Å². The van der Waals surface area contributed by atoms with E-state index in [1.54, 1.807) is 11.3 Å². The van der Waals surface area contributed by atoms with Gasteiger partial charge in [0.1, 0.15) is 5.69 Å². The Hall–Kier alpha value is -1.13. The number of hydrogen-bond acceptors (Lipinski definition) is 3. The first-order valence-corrected chi connectivity index (χ1v) is 7.00. The Labute approximate surface area is 105 Å². The molecule has 0 aromatic carbocycles. The summed E-state index contributed by atoms with van der Waals surface area (Å²) in [5.41, 5.74) is 5.24. The summed E-state index contributed by atoms with van der Waals surface area (Å²) in [5, 5.41) is 9.89. The van der Waals surface area contributed by atoms with Crippen LogP contribution >= 0.6 is 11.3 Å². The van der Waals surface area contributed by atoms with Gasteiger partial charge in [0.15, 0.2) is 0 Å². The molecule has 3 rings (SSSR count). The van der Waals surface area contributed by atoms with Crippen LogP contribution in [-0.4, -0.2) is 28.2 Å². The molecular formula is C13H17N3S. The zero-order valence-electron chi connectivity index (χ0n) is 10.3. The topological polar surface area (TPSA) is 31.9 Å². The van der Waals surface area contributed by atoms with Gasteiger partial charge in [0, 0.05) is 30.8 Å². The minimum Gasteiger partial charge on any atom is -0.299 e. The predicted octanol–water partition coefficient (Wildman–Crippen LogP) is 2.82. The van der Waals surface area contributed by atoms with Crippen molar-refractivity contribution in [2.45, 2.75) is 26.8 Å². The fraction of sp³-hybridized carbons (Fsp3) is 0.462. The van der Waals surface area contributed by atoms with Crippen molar-refractivity contribution in [2.24, 2.45) is 0 Å². The van der Waals surface area contributed by atoms with Crippen molar-refractivity contribution in [2.75, 3.05) is 13.1 Å². The number of aromatic amines is 1. The number of likely N-dealkylation sites (N-methyl/N-ethyl adjacent to an activating group) is 1. The molecule has 0 saturated carbocycles. The summed E-state index contributed by atoms with van der Waals surface area (Å²) in [4.78, 5) is 3.80. The third-order valence-corrected chi connectivity index (χ3v) is 4.56. The molecule has 3 nitrogen and oxygen atoms in total. The van der Waals surface area contributed by atoms with Crippen molar-refractivity contribution < 1.29 is 0 Å². The van der Waals surface area contributed by atoms with Crippen LogP contribution in [0, 0.1) is 6.92 Å². The summed E-state index contributed by atoms with van der Waals surface area (Å²) in [5.74, 6) is 0. The second kappa shape index (κ2) is 4.27. The minimum absolute atomic E-state index is 1.04. The molecule has 1 aliphatic heterocycles. The zero-order chi connectivity index (χ0) is 11.8. The quantitative estimate of drug-likeness (QED) is 0.885. The van der Waals surface area contributed by atoms with Gasteiger partial charge in [-0.2, -0.15) is 5.10 Å². The maximum absolute atomic E-state index is 4.53. The number of thiophene rings is 1. The highest BCUT2D eigenvalue weighted by Gasteiger charge is 2.22. The fourth-order valence-electron chi connectivity index (χ4n) is 2.42. The van der Waals surface area contributed by atoms with E-state index in [0.717, 1.165) is 26.1 Å². The van der Waals surface area contributed by atoms with Gasteiger partial charge in [-0.3, -0.25) is 10.00 Å². The lowest BCUT2D eigenvalue weighted by Gasteiger charge is -2.25. The lowest BCUT2D eigenvalue weighted by molar-refractivity contribution is 0.267. The van der Waals surface area contributed by atoms with Gasteiger partial charge < -0.3 is 0 Å². The first-order chi connectivity index (χ1) is 8.29. The van der Waals surface area contributed by atoms with Gasteiger partial charge in [0.2, 0.25) is 0 Å². The summed E-state index contributed by atoms with van der Waals surface area (Å²) in [7, 11) is 0. The first-order valence-electron chi connectivity index (χ1n) is 6.12. The summed E-state index contributed by atoms with van der Waals surface area (Å²) in [6, 6.07) is 2.17. The highest BCUT2D eigenvalue weighted by Crippen LogP contribution is 2.33. The van der Waals surface area contributed by atoms with Gasteiger partial charge in [-0.25, -0.2) is 0 Å². The number of aryl methyl sites for hydroxylation is 1. The van der Waals surface area contributed by atoms with Crippen LogP contribution in [0.3, 0.4) is 0 Å². The number of hydrogen-bond donors (Lipinski definition) is 1. The molecule has 0 saturated heterocycles. The minimum atomic E-state index is 1.04. The van der Waals surface area contributed by atoms with E-state index < -0.39 is 0 Å². The number of fused-ring (bicyclic) bond motifs is 1. The van der Waals surface area contributed by atoms with Crippen molar-refractivity contribution in [1.29, 1.82) is 0 Å². The molecule has 2 aromatic heterocycles. The molecule has 0 bridgehead atoms. The Balaban J connectivity index is 2.03. The third-order valence-electron chi connectivity index (χ3n) is 3.54. The van der Waals surface area contributed by atoms with Crippen LogP contribution < -0.4 is 0 Å². The van der Waals surface area contributed by atoms with E-state index >= 15 is 0 Å². The van der Waals surface area contributed by atoms with E-state index in [1.807, 2.05) is 0 Å². The molecule has 0 unspecified atom stereocenters. The lowest BCUT2D eigenvalue weighted by atomic mass is 10.0. The highest BCUT2D eigenvalue weighted by atomic mass is 32.1. The monoisotopic (exact) mass is 247 g/mol. The normalized spacial score (nSPS) is 16.1. The van der Waals surface area contributed by atoms with Crippen LogP contribution in [0.2, 0.25) is 0 Å². The Kier molecular flexibility index (Phi) is 2.76. The van der Waals surface area contributed by atoms with Crippen LogP contribution in [0.25, 0.3) is 10.6 Å². The standard InChI is InChI=1S/C13H17N3S/c1-3-16-6-4-11-10(8-16)12(15-14-11)13-9(2)5-7-17-13/h5,7H,3-4,6,8H2,1-2H3,(H,14,15). The third kappa shape index (κ3) is 1.81. The van der Waals surface area contributed by atoms with Crippen molar-refractivity contribution in [3.8, 4) is 10.6 Å². The molecular weight excluding hydrogens is 230 g/mol. The van der Waals surface area contributed by atoms with Crippen LogP contribution in [0.15, 0.2) is 11.4 Å². The molecule has 0 radical (unpaired) electrons. The number of aromatic nitrogens is 2. The van der Waals surface area contributed by atoms with Crippen molar-refractivity contribution in [1.82, 2.24) is 15.1 Å². The molecule has 1 N–H and O–H groups in total. The first kappa shape index (κ1) is 11.0. The smallest absolute Gasteiger partial charge is 0.107 e. The fourth-order valence-corrected chi connectivity index (χ4v) is 3.37. The van der Waals surface area contributed by atoms with E-state index in [0.29, 0.717) is 0 Å². The average molecular weight is 247 g/mol. The number of H-pyrrole nitrogens is 1. The van der Waals surface area contributed by atoms with Gasteiger partial charge in [0.25, 0.3) is 0 Å². The predicted molar refractivity (Wildman–Crippen MR) is 71.3 cm³/mol. The van der Waals surface area contributed by atoms with Gasteiger partial charge in [-0.15, -0.1) is 11.3 Å². The molecule has 4 heteroatoms. The highest BCUT2D eigenvalue weighted by molar-refractivity contribution is 7.13. The summed E-state index contributed by atoms with van der Waals surface area (Å²) >= 11 is 1.79. The van der Waals surface area contributed by atoms with Gasteiger partial charge >= 0.3 is 0 Å². The van der Waals surface area contributed by atoms with E-state index in [2.05, 4.69) is 40.4 Å². The van der Waals surface area contributed by atoms with Crippen molar-refractivity contribution >= 4 is 11.3 Å². The van der Waals surface area contributed by atoms with Crippen LogP contribution in [0.1, 0.15) is 23.7 Å². The molecule has 0 fully saturated rings. The molecule has 0 spiro atoms. The van der Waals surface area contributed by atoms with Crippen LogP contribution in [-0.2, 0) is 13.0 Å². The summed E-state index contributed by atoms with van der Waals surface area (Å²) < 4.78 is 0. The molecule has 2 aromatic rings. The number of nitrogens with zero attached hydrogens (tertiary/aromatic N) is 2. The molecule has 17 heavy (non-hydrogen) atoms. The number of nitrogens with one attached hydrogen (secondary N) is 1. The maximum Gasteiger partial charge on any atom is 0.107 e. The van der Waals surface area contributed by atoms with Crippen molar-refractivity contribution in [3.05, 3.63) is 28.3 Å². The maximum atomic E-state index is 4.53. The molecule has 1 aliphatic rings. The summed E-state index contributed by atoms with van der Waals surface area (Å²) in [6.07, 6.45) is 1.10. The molecule has 0 atom stereocenters. The van der Waals surface area contributed by atoms with E-state index in [1.165, 1.54) is 27.4 Å². The van der Waals surface area contributed by atoms with E-state index in [4.69, 9.17) is 0 Å². The largest absolute Gasteiger partial charge is 0.299 e. The Morgan fingerprint density at radius 3 is 3.12 bits per heavy atom. The molecule has 3 heterocycles. The number of rotatable bonds is 2. The molecule has 0 aliphatic carbocycles. The molecule has 0 amide bonds. The van der Waals surface area contributed by atoms with Crippen LogP contribution in [0.4, 0.5) is 0 Å². The van der Waals surface area contributed by atoms with Gasteiger partial charge in [0.05, 0.1) is 4.88 Å². The van der Waals surface area contributed by atoms with Gasteiger partial charge in [-0.05, 0) is 30.5 Å². The summed E-state index contributed by atoms with van der Waals surface area (Å²) in [6.45, 7) is 7.69. The van der Waals surface area contributed by atoms with E-state index in [9.17, 15) is 0 Å². The van der Waals surface area contributed by atoms with Crippen molar-refractivity contribution in [3.63, 3.8) is 0 Å². The zero-order valence-corrected chi connectivity index (χ0v) is 11.1. The molecule has 90 valence electrons. The lowest BCUT2D eigenvalue weighted by Crippen LogP contribution is -2.30. The van der Waals surface area contributed by atoms with Crippen LogP contribution in [0.5, 0.6) is 0 Å². The Morgan fingerprint density at radius 1 is 1.53 bits per heavy atom. The SMILES string of the molecule is CCN1CCc2[nH]nc(-c3sccc3C)c2C1. The second-order valence-electron chi connectivity index (χ2n) is 4.58. The Morgan fingerprint density at radius 2 is 2.41 bits per heavy atom.